The molecule has 5 heteroatoms. The smallest absolute Gasteiger partial charge is 0.230 e. The van der Waals surface area contributed by atoms with Crippen LogP contribution in [-0.2, 0) is 17.0 Å². The summed E-state index contributed by atoms with van der Waals surface area (Å²) in [7, 11) is 0. The van der Waals surface area contributed by atoms with E-state index in [2.05, 4.69) is 0 Å². The number of nitrogens with two attached hydrogens (primary N) is 1. The average molecular weight is 296 g/mol. The molecule has 0 spiro atoms. The van der Waals surface area contributed by atoms with Crippen LogP contribution in [0.3, 0.4) is 0 Å². The van der Waals surface area contributed by atoms with Gasteiger partial charge in [0.05, 0.1) is 17.3 Å². The van der Waals surface area contributed by atoms with Crippen LogP contribution in [0.15, 0.2) is 47.1 Å². The van der Waals surface area contributed by atoms with E-state index in [-0.39, 0.29) is 11.2 Å². The number of benzene rings is 1. The highest BCUT2D eigenvalue weighted by Crippen LogP contribution is 2.22. The predicted octanol–water partition coefficient (Wildman–Crippen LogP) is 3.26. The fourth-order valence-corrected chi connectivity index (χ4v) is 2.78. The molecule has 1 aromatic carbocycles. The van der Waals surface area contributed by atoms with Crippen molar-refractivity contribution in [2.75, 3.05) is 0 Å². The maximum Gasteiger partial charge on any atom is 0.230 e. The molecule has 19 heavy (non-hydrogen) atoms. The number of amides is 1. The van der Waals surface area contributed by atoms with Crippen LogP contribution in [0, 0.1) is 0 Å². The normalized spacial score (nSPS) is 12.3. The first-order chi connectivity index (χ1) is 9.15. The van der Waals surface area contributed by atoms with Crippen LogP contribution in [0.25, 0.3) is 0 Å². The highest BCUT2D eigenvalue weighted by atomic mass is 35.5. The first-order valence-corrected chi connectivity index (χ1v) is 7.25. The van der Waals surface area contributed by atoms with E-state index in [1.807, 2.05) is 36.4 Å². The molecule has 1 amide bonds. The number of carbonyl (C=O) groups is 1. The Balaban J connectivity index is 1.96. The molecule has 1 atom stereocenters. The summed E-state index contributed by atoms with van der Waals surface area (Å²) in [6.45, 7) is 0. The van der Waals surface area contributed by atoms with Crippen molar-refractivity contribution in [3.05, 3.63) is 59.0 Å². The number of carbonyl (C=O) groups excluding carboxylic acids is 1. The zero-order valence-corrected chi connectivity index (χ0v) is 11.8. The van der Waals surface area contributed by atoms with Gasteiger partial charge >= 0.3 is 0 Å². The molecule has 0 fully saturated rings. The van der Waals surface area contributed by atoms with Crippen LogP contribution in [0.1, 0.15) is 11.3 Å². The minimum absolute atomic E-state index is 0.272. The SMILES string of the molecule is NC(=O)C(Cc1ccc(Cl)cc1)SCc1ccco1. The van der Waals surface area contributed by atoms with Crippen molar-refractivity contribution < 1.29 is 9.21 Å². The maximum absolute atomic E-state index is 11.5. The third-order valence-corrected chi connectivity index (χ3v) is 4.16. The monoisotopic (exact) mass is 295 g/mol. The lowest BCUT2D eigenvalue weighted by molar-refractivity contribution is -0.117. The molecular formula is C14H14ClNO2S. The Hall–Kier alpha value is -1.39. The lowest BCUT2D eigenvalue weighted by Gasteiger charge is -2.12. The highest BCUT2D eigenvalue weighted by molar-refractivity contribution is 7.99. The summed E-state index contributed by atoms with van der Waals surface area (Å²) in [6.07, 6.45) is 2.21. The molecule has 0 radical (unpaired) electrons. The second-order valence-corrected chi connectivity index (χ2v) is 5.74. The number of primary amides is 1. The van der Waals surface area contributed by atoms with Crippen molar-refractivity contribution in [3.8, 4) is 0 Å². The summed E-state index contributed by atoms with van der Waals surface area (Å²) < 4.78 is 5.24. The minimum atomic E-state index is -0.313. The van der Waals surface area contributed by atoms with Gasteiger partial charge in [0, 0.05) is 5.02 Å². The molecule has 0 saturated carbocycles. The molecule has 1 heterocycles. The number of thioether (sulfide) groups is 1. The van der Waals surface area contributed by atoms with Crippen LogP contribution in [-0.4, -0.2) is 11.2 Å². The third kappa shape index (κ3) is 4.33. The Labute approximate surface area is 121 Å². The van der Waals surface area contributed by atoms with Crippen molar-refractivity contribution in [2.45, 2.75) is 17.4 Å². The van der Waals surface area contributed by atoms with E-state index in [4.69, 9.17) is 21.8 Å². The van der Waals surface area contributed by atoms with Gasteiger partial charge in [-0.05, 0) is 36.2 Å². The van der Waals surface area contributed by atoms with E-state index in [0.29, 0.717) is 17.2 Å². The lowest BCUT2D eigenvalue weighted by Crippen LogP contribution is -2.27. The molecule has 2 N–H and O–H groups in total. The van der Waals surface area contributed by atoms with Crippen molar-refractivity contribution in [1.29, 1.82) is 0 Å². The summed E-state index contributed by atoms with van der Waals surface area (Å²) in [4.78, 5) is 11.5. The Morgan fingerprint density at radius 3 is 2.63 bits per heavy atom. The van der Waals surface area contributed by atoms with Gasteiger partial charge < -0.3 is 10.2 Å². The van der Waals surface area contributed by atoms with Crippen molar-refractivity contribution in [2.24, 2.45) is 5.73 Å². The van der Waals surface area contributed by atoms with Crippen molar-refractivity contribution >= 4 is 29.3 Å². The largest absolute Gasteiger partial charge is 0.468 e. The molecular weight excluding hydrogens is 282 g/mol. The zero-order chi connectivity index (χ0) is 13.7. The number of hydrogen-bond acceptors (Lipinski definition) is 3. The molecule has 2 rings (SSSR count). The van der Waals surface area contributed by atoms with Gasteiger partial charge in [-0.2, -0.15) is 0 Å². The molecule has 0 aliphatic carbocycles. The standard InChI is InChI=1S/C14H14ClNO2S/c15-11-5-3-10(4-6-11)8-13(14(16)17)19-9-12-2-1-7-18-12/h1-7,13H,8-9H2,(H2,16,17). The second-order valence-electron chi connectivity index (χ2n) is 4.11. The van der Waals surface area contributed by atoms with Crippen LogP contribution < -0.4 is 5.73 Å². The van der Waals surface area contributed by atoms with E-state index in [1.165, 1.54) is 11.8 Å². The van der Waals surface area contributed by atoms with Gasteiger partial charge in [-0.15, -0.1) is 11.8 Å². The molecule has 0 aliphatic heterocycles. The fraction of sp³-hybridized carbons (Fsp3) is 0.214. The predicted molar refractivity (Wildman–Crippen MR) is 78.1 cm³/mol. The number of hydrogen-bond donors (Lipinski definition) is 1. The molecule has 2 aromatic rings. The summed E-state index contributed by atoms with van der Waals surface area (Å²) in [5, 5.41) is 0.411. The molecule has 0 aliphatic rings. The van der Waals surface area contributed by atoms with Gasteiger partial charge in [0.25, 0.3) is 0 Å². The maximum atomic E-state index is 11.5. The van der Waals surface area contributed by atoms with Crippen LogP contribution in [0.2, 0.25) is 5.02 Å². The molecule has 0 saturated heterocycles. The first-order valence-electron chi connectivity index (χ1n) is 5.83. The van der Waals surface area contributed by atoms with Crippen LogP contribution >= 0.6 is 23.4 Å². The van der Waals surface area contributed by atoms with E-state index >= 15 is 0 Å². The van der Waals surface area contributed by atoms with Gasteiger partial charge in [0.1, 0.15) is 5.76 Å². The average Bonchev–Trinajstić information content (AvgIpc) is 2.89. The number of furan rings is 1. The van der Waals surface area contributed by atoms with Gasteiger partial charge in [-0.1, -0.05) is 23.7 Å². The van der Waals surface area contributed by atoms with Crippen LogP contribution in [0.5, 0.6) is 0 Å². The topological polar surface area (TPSA) is 56.2 Å². The fourth-order valence-electron chi connectivity index (χ4n) is 1.65. The number of halogens is 1. The van der Waals surface area contributed by atoms with E-state index in [1.54, 1.807) is 6.26 Å². The quantitative estimate of drug-likeness (QED) is 0.890. The number of rotatable bonds is 6. The molecule has 1 aromatic heterocycles. The highest BCUT2D eigenvalue weighted by Gasteiger charge is 2.17. The van der Waals surface area contributed by atoms with E-state index in [9.17, 15) is 4.79 Å². The summed E-state index contributed by atoms with van der Waals surface area (Å²) in [5.41, 5.74) is 6.48. The zero-order valence-electron chi connectivity index (χ0n) is 10.2. The summed E-state index contributed by atoms with van der Waals surface area (Å²) >= 11 is 7.32. The van der Waals surface area contributed by atoms with Gasteiger partial charge in [0.2, 0.25) is 5.91 Å². The second kappa shape index (κ2) is 6.68. The summed E-state index contributed by atoms with van der Waals surface area (Å²) in [5.74, 6) is 1.16. The Morgan fingerprint density at radius 1 is 1.32 bits per heavy atom. The molecule has 0 bridgehead atoms. The Bertz CT molecular complexity index is 525. The minimum Gasteiger partial charge on any atom is -0.468 e. The lowest BCUT2D eigenvalue weighted by atomic mass is 10.1. The van der Waals surface area contributed by atoms with Crippen molar-refractivity contribution in [3.63, 3.8) is 0 Å². The third-order valence-electron chi connectivity index (χ3n) is 2.66. The van der Waals surface area contributed by atoms with Gasteiger partial charge in [-0.3, -0.25) is 4.79 Å². The van der Waals surface area contributed by atoms with Crippen molar-refractivity contribution in [1.82, 2.24) is 0 Å². The molecule has 1 unspecified atom stereocenters. The summed E-state index contributed by atoms with van der Waals surface area (Å²) in [6, 6.07) is 11.2. The Morgan fingerprint density at radius 2 is 2.05 bits per heavy atom. The van der Waals surface area contributed by atoms with Gasteiger partial charge in [-0.25, -0.2) is 0 Å². The van der Waals surface area contributed by atoms with E-state index < -0.39 is 0 Å². The van der Waals surface area contributed by atoms with Gasteiger partial charge in [0.15, 0.2) is 0 Å². The Kier molecular flexibility index (Phi) is 4.93. The molecule has 100 valence electrons. The van der Waals surface area contributed by atoms with E-state index in [0.717, 1.165) is 11.3 Å². The molecule has 3 nitrogen and oxygen atoms in total. The first kappa shape index (κ1) is 14.0. The van der Waals surface area contributed by atoms with Crippen LogP contribution in [0.4, 0.5) is 0 Å².